The summed E-state index contributed by atoms with van der Waals surface area (Å²) in [6, 6.07) is 0. The number of hydrogen-bond acceptors (Lipinski definition) is 4. The van der Waals surface area contributed by atoms with Gasteiger partial charge in [-0.1, -0.05) is 0 Å². The van der Waals surface area contributed by atoms with Gasteiger partial charge >= 0.3 is 12.1 Å². The minimum Gasteiger partial charge on any atom is -0.481 e. The van der Waals surface area contributed by atoms with Crippen molar-refractivity contribution >= 4 is 17.3 Å². The molecular weight excluding hydrogens is 295 g/mol. The molecule has 1 unspecified atom stereocenters. The van der Waals surface area contributed by atoms with E-state index in [1.165, 1.54) is 11.3 Å². The zero-order valence-corrected chi connectivity index (χ0v) is 11.4. The summed E-state index contributed by atoms with van der Waals surface area (Å²) >= 11 is 1.38. The third-order valence-corrected chi connectivity index (χ3v) is 4.21. The number of rotatable bonds is 5. The number of halogens is 3. The first-order chi connectivity index (χ1) is 9.37. The number of aryl methyl sites for hydroxylation is 1. The van der Waals surface area contributed by atoms with E-state index in [0.717, 1.165) is 17.7 Å². The second kappa shape index (κ2) is 6.09. The number of carbonyl (C=O) groups is 1. The van der Waals surface area contributed by atoms with Crippen molar-refractivity contribution < 1.29 is 27.8 Å². The molecule has 1 atom stereocenters. The van der Waals surface area contributed by atoms with Crippen molar-refractivity contribution in [3.05, 3.63) is 15.6 Å². The average Bonchev–Trinajstić information content (AvgIpc) is 2.75. The molecule has 0 radical (unpaired) electrons. The van der Waals surface area contributed by atoms with Crippen LogP contribution in [-0.4, -0.2) is 35.4 Å². The number of thiazole rings is 1. The Balaban J connectivity index is 1.93. The van der Waals surface area contributed by atoms with E-state index >= 15 is 0 Å². The van der Waals surface area contributed by atoms with Crippen molar-refractivity contribution in [2.24, 2.45) is 0 Å². The van der Waals surface area contributed by atoms with Crippen LogP contribution in [0.4, 0.5) is 13.2 Å². The maximum atomic E-state index is 11.9. The lowest BCUT2D eigenvalue weighted by Gasteiger charge is -2.16. The lowest BCUT2D eigenvalue weighted by molar-refractivity contribution is -0.173. The van der Waals surface area contributed by atoms with Gasteiger partial charge in [-0.3, -0.25) is 4.79 Å². The molecule has 4 nitrogen and oxygen atoms in total. The van der Waals surface area contributed by atoms with Crippen LogP contribution in [0, 0.1) is 0 Å². The van der Waals surface area contributed by atoms with Gasteiger partial charge in [0.1, 0.15) is 6.61 Å². The minimum atomic E-state index is -4.32. The van der Waals surface area contributed by atoms with Crippen LogP contribution in [0.5, 0.6) is 0 Å². The van der Waals surface area contributed by atoms with Gasteiger partial charge in [0, 0.05) is 11.3 Å². The quantitative estimate of drug-likeness (QED) is 0.850. The van der Waals surface area contributed by atoms with E-state index in [4.69, 9.17) is 5.11 Å². The van der Waals surface area contributed by atoms with E-state index in [-0.39, 0.29) is 13.0 Å². The molecule has 0 bridgehead atoms. The van der Waals surface area contributed by atoms with Gasteiger partial charge in [-0.2, -0.15) is 13.2 Å². The number of nitrogens with zero attached hydrogens (tertiary/aromatic N) is 1. The fourth-order valence-electron chi connectivity index (χ4n) is 2.16. The Bertz CT molecular complexity index is 487. The number of aliphatic carboxylic acids is 1. The van der Waals surface area contributed by atoms with Crippen LogP contribution in [0.25, 0.3) is 0 Å². The van der Waals surface area contributed by atoms with Crippen LogP contribution in [0.1, 0.15) is 34.3 Å². The van der Waals surface area contributed by atoms with Gasteiger partial charge in [-0.15, -0.1) is 11.3 Å². The van der Waals surface area contributed by atoms with Crippen LogP contribution in [0.15, 0.2) is 0 Å². The third kappa shape index (κ3) is 3.92. The van der Waals surface area contributed by atoms with Crippen molar-refractivity contribution in [2.45, 2.75) is 37.8 Å². The maximum absolute atomic E-state index is 11.9. The summed E-state index contributed by atoms with van der Waals surface area (Å²) in [4.78, 5) is 16.3. The van der Waals surface area contributed by atoms with E-state index in [1.807, 2.05) is 0 Å². The molecule has 20 heavy (non-hydrogen) atoms. The Morgan fingerprint density at radius 2 is 2.25 bits per heavy atom. The highest BCUT2D eigenvalue weighted by atomic mass is 32.1. The molecule has 0 amide bonds. The van der Waals surface area contributed by atoms with E-state index in [0.29, 0.717) is 17.1 Å². The summed E-state index contributed by atoms with van der Waals surface area (Å²) in [6.45, 7) is -1.33. The molecule has 0 spiro atoms. The molecule has 0 saturated carbocycles. The van der Waals surface area contributed by atoms with Crippen LogP contribution < -0.4 is 0 Å². The number of ether oxygens (including phenoxy) is 1. The number of carboxylic acid groups (broad SMARTS) is 1. The molecule has 1 aliphatic rings. The standard InChI is InChI=1S/C12H14F3NO3S/c13-12(14,15)6-19-5-4-9-16-10-7(11(17)18)2-1-3-8(10)20-9/h7H,1-6H2,(H,17,18). The highest BCUT2D eigenvalue weighted by Gasteiger charge is 2.30. The summed E-state index contributed by atoms with van der Waals surface area (Å²) in [6.07, 6.45) is -1.89. The van der Waals surface area contributed by atoms with Crippen LogP contribution in [0.3, 0.4) is 0 Å². The number of fused-ring (bicyclic) bond motifs is 1. The van der Waals surface area contributed by atoms with E-state index in [9.17, 15) is 18.0 Å². The number of hydrogen-bond donors (Lipinski definition) is 1. The molecule has 1 aromatic heterocycles. The number of carboxylic acids is 1. The molecule has 2 rings (SSSR count). The Hall–Kier alpha value is -1.15. The fourth-order valence-corrected chi connectivity index (χ4v) is 3.32. The molecule has 112 valence electrons. The van der Waals surface area contributed by atoms with Crippen molar-refractivity contribution in [1.82, 2.24) is 4.98 Å². The van der Waals surface area contributed by atoms with Gasteiger partial charge in [0.05, 0.1) is 23.2 Å². The average molecular weight is 309 g/mol. The highest BCUT2D eigenvalue weighted by Crippen LogP contribution is 2.35. The number of alkyl halides is 3. The summed E-state index contributed by atoms with van der Waals surface area (Å²) in [7, 11) is 0. The van der Waals surface area contributed by atoms with Gasteiger partial charge in [-0.05, 0) is 19.3 Å². The lowest BCUT2D eigenvalue weighted by atomic mass is 9.91. The normalized spacial score (nSPS) is 18.9. The first kappa shape index (κ1) is 15.2. The molecular formula is C12H14F3NO3S. The summed E-state index contributed by atoms with van der Waals surface area (Å²) in [5, 5.41) is 9.76. The molecule has 0 aromatic carbocycles. The second-order valence-electron chi connectivity index (χ2n) is 4.62. The Labute approximate surface area is 117 Å². The zero-order valence-electron chi connectivity index (χ0n) is 10.6. The van der Waals surface area contributed by atoms with Crippen LogP contribution >= 0.6 is 11.3 Å². The SMILES string of the molecule is O=C(O)C1CCCc2sc(CCOCC(F)(F)F)nc21. The predicted octanol–water partition coefficient (Wildman–Crippen LogP) is 2.77. The second-order valence-corrected chi connectivity index (χ2v) is 5.79. The topological polar surface area (TPSA) is 59.4 Å². The van der Waals surface area contributed by atoms with Gasteiger partial charge in [-0.25, -0.2) is 4.98 Å². The summed E-state index contributed by atoms with van der Waals surface area (Å²) < 4.78 is 40.2. The molecule has 0 saturated heterocycles. The van der Waals surface area contributed by atoms with Crippen molar-refractivity contribution in [3.63, 3.8) is 0 Å². The molecule has 8 heteroatoms. The first-order valence-electron chi connectivity index (χ1n) is 6.22. The van der Waals surface area contributed by atoms with Crippen molar-refractivity contribution in [1.29, 1.82) is 0 Å². The Morgan fingerprint density at radius 3 is 2.90 bits per heavy atom. The molecule has 1 N–H and O–H groups in total. The van der Waals surface area contributed by atoms with E-state index < -0.39 is 24.7 Å². The van der Waals surface area contributed by atoms with Crippen molar-refractivity contribution in [3.8, 4) is 0 Å². The van der Waals surface area contributed by atoms with Crippen LogP contribution in [0.2, 0.25) is 0 Å². The predicted molar refractivity (Wildman–Crippen MR) is 66.0 cm³/mol. The lowest BCUT2D eigenvalue weighted by Crippen LogP contribution is -2.18. The fraction of sp³-hybridized carbons (Fsp3) is 0.667. The smallest absolute Gasteiger partial charge is 0.411 e. The Morgan fingerprint density at radius 1 is 1.50 bits per heavy atom. The zero-order chi connectivity index (χ0) is 14.8. The molecule has 1 heterocycles. The Kier molecular flexibility index (Phi) is 4.64. The maximum Gasteiger partial charge on any atom is 0.411 e. The summed E-state index contributed by atoms with van der Waals surface area (Å²) in [5.74, 6) is -1.48. The first-order valence-corrected chi connectivity index (χ1v) is 7.04. The van der Waals surface area contributed by atoms with E-state index in [1.54, 1.807) is 0 Å². The van der Waals surface area contributed by atoms with Crippen molar-refractivity contribution in [2.75, 3.05) is 13.2 Å². The summed E-state index contributed by atoms with van der Waals surface area (Å²) in [5.41, 5.74) is 0.583. The largest absolute Gasteiger partial charge is 0.481 e. The third-order valence-electron chi connectivity index (χ3n) is 3.02. The van der Waals surface area contributed by atoms with E-state index in [2.05, 4.69) is 9.72 Å². The van der Waals surface area contributed by atoms with Gasteiger partial charge in [0.15, 0.2) is 0 Å². The van der Waals surface area contributed by atoms with Gasteiger partial charge in [0.2, 0.25) is 0 Å². The molecule has 1 aromatic rings. The minimum absolute atomic E-state index is 0.0658. The number of aromatic nitrogens is 1. The molecule has 1 aliphatic carbocycles. The van der Waals surface area contributed by atoms with Crippen LogP contribution in [-0.2, 0) is 22.4 Å². The molecule has 0 aliphatic heterocycles. The van der Waals surface area contributed by atoms with Gasteiger partial charge in [0.25, 0.3) is 0 Å². The van der Waals surface area contributed by atoms with Gasteiger partial charge < -0.3 is 9.84 Å². The highest BCUT2D eigenvalue weighted by molar-refractivity contribution is 7.11. The monoisotopic (exact) mass is 309 g/mol. The molecule has 0 fully saturated rings.